The zero-order valence-electron chi connectivity index (χ0n) is 7.11. The summed E-state index contributed by atoms with van der Waals surface area (Å²) in [6.07, 6.45) is -0.703. The number of nitrogens with two attached hydrogens (primary N) is 1. The molecule has 1 atom stereocenters. The van der Waals surface area contributed by atoms with Crippen LogP contribution in [0.25, 0.3) is 0 Å². The number of benzene rings is 1. The summed E-state index contributed by atoms with van der Waals surface area (Å²) >= 11 is 3.33. The molecule has 1 aliphatic rings. The molecule has 0 aliphatic carbocycles. The topological polar surface area (TPSA) is 64.7 Å². The molecule has 1 amide bonds. The highest BCUT2D eigenvalue weighted by Crippen LogP contribution is 2.29. The molecule has 0 aromatic heterocycles. The van der Waals surface area contributed by atoms with Crippen LogP contribution in [0.5, 0.6) is 0 Å². The van der Waals surface area contributed by atoms with Crippen molar-refractivity contribution in [2.75, 3.05) is 0 Å². The van der Waals surface area contributed by atoms with E-state index in [1.54, 1.807) is 6.07 Å². The minimum Gasteiger partial charge on any atom is -0.447 e. The van der Waals surface area contributed by atoms with Crippen LogP contribution < -0.4 is 5.73 Å². The lowest BCUT2D eigenvalue weighted by atomic mass is 10.1. The van der Waals surface area contributed by atoms with Gasteiger partial charge >= 0.3 is 0 Å². The van der Waals surface area contributed by atoms with Gasteiger partial charge in [0.25, 0.3) is 11.9 Å². The molecule has 0 saturated carbocycles. The average molecular weight is 255 g/mol. The van der Waals surface area contributed by atoms with Crippen LogP contribution in [0.1, 0.15) is 11.7 Å². The smallest absolute Gasteiger partial charge is 0.296 e. The Kier molecular flexibility index (Phi) is 2.25. The van der Waals surface area contributed by atoms with Crippen molar-refractivity contribution in [2.45, 2.75) is 6.10 Å². The molecule has 0 spiro atoms. The van der Waals surface area contributed by atoms with E-state index in [9.17, 15) is 4.79 Å². The van der Waals surface area contributed by atoms with Crippen LogP contribution in [-0.2, 0) is 9.53 Å². The van der Waals surface area contributed by atoms with E-state index in [4.69, 9.17) is 10.5 Å². The van der Waals surface area contributed by atoms with Gasteiger partial charge < -0.3 is 10.5 Å². The van der Waals surface area contributed by atoms with Gasteiger partial charge in [0.15, 0.2) is 0 Å². The molecule has 2 rings (SSSR count). The summed E-state index contributed by atoms with van der Waals surface area (Å²) in [4.78, 5) is 14.8. The lowest BCUT2D eigenvalue weighted by Crippen LogP contribution is -2.14. The number of hydrogen-bond acceptors (Lipinski definition) is 3. The van der Waals surface area contributed by atoms with Crippen molar-refractivity contribution in [1.82, 2.24) is 0 Å². The first kappa shape index (κ1) is 9.21. The first-order valence-electron chi connectivity index (χ1n) is 3.97. The van der Waals surface area contributed by atoms with E-state index in [-0.39, 0.29) is 11.9 Å². The number of hydrogen-bond donors (Lipinski definition) is 1. The Morgan fingerprint density at radius 2 is 2.14 bits per heavy atom. The Morgan fingerprint density at radius 1 is 1.43 bits per heavy atom. The standard InChI is InChI=1S/C9H7BrN2O2/c10-6-4-2-1-3-5(6)7-8(13)12-9(11)14-7/h1-4,7H,(H2,11,12,13). The highest BCUT2D eigenvalue weighted by Gasteiger charge is 2.30. The summed E-state index contributed by atoms with van der Waals surface area (Å²) in [6.45, 7) is 0. The summed E-state index contributed by atoms with van der Waals surface area (Å²) in [7, 11) is 0. The Morgan fingerprint density at radius 3 is 2.71 bits per heavy atom. The third kappa shape index (κ3) is 1.50. The monoisotopic (exact) mass is 254 g/mol. The number of aliphatic imine (C=N–C) groups is 1. The fourth-order valence-corrected chi connectivity index (χ4v) is 1.74. The Balaban J connectivity index is 2.35. The third-order valence-electron chi connectivity index (χ3n) is 1.87. The maximum absolute atomic E-state index is 11.3. The number of amides is 1. The highest BCUT2D eigenvalue weighted by atomic mass is 79.9. The van der Waals surface area contributed by atoms with E-state index in [1.165, 1.54) is 0 Å². The summed E-state index contributed by atoms with van der Waals surface area (Å²) in [5, 5.41) is 0. The van der Waals surface area contributed by atoms with Gasteiger partial charge in [-0.15, -0.1) is 0 Å². The molecule has 0 fully saturated rings. The molecule has 2 N–H and O–H groups in total. The molecule has 1 unspecified atom stereocenters. The van der Waals surface area contributed by atoms with E-state index in [1.807, 2.05) is 18.2 Å². The zero-order valence-corrected chi connectivity index (χ0v) is 8.69. The van der Waals surface area contributed by atoms with Crippen LogP contribution in [0, 0.1) is 0 Å². The van der Waals surface area contributed by atoms with Crippen LogP contribution in [0.4, 0.5) is 0 Å². The number of carbonyl (C=O) groups is 1. The summed E-state index contributed by atoms with van der Waals surface area (Å²) in [5.41, 5.74) is 6.03. The summed E-state index contributed by atoms with van der Waals surface area (Å²) in [6, 6.07) is 7.24. The molecule has 5 heteroatoms. The molecule has 0 radical (unpaired) electrons. The van der Waals surface area contributed by atoms with E-state index >= 15 is 0 Å². The number of rotatable bonds is 1. The Labute approximate surface area is 88.9 Å². The molecule has 1 heterocycles. The predicted octanol–water partition coefficient (Wildman–Crippen LogP) is 1.36. The second-order valence-corrected chi connectivity index (χ2v) is 3.66. The number of carbonyl (C=O) groups excluding carboxylic acids is 1. The van der Waals surface area contributed by atoms with Crippen molar-refractivity contribution < 1.29 is 9.53 Å². The van der Waals surface area contributed by atoms with Crippen molar-refractivity contribution in [3.05, 3.63) is 34.3 Å². The van der Waals surface area contributed by atoms with Crippen LogP contribution in [0.3, 0.4) is 0 Å². The average Bonchev–Trinajstić information content (AvgIpc) is 2.46. The van der Waals surface area contributed by atoms with E-state index in [0.717, 1.165) is 10.0 Å². The lowest BCUT2D eigenvalue weighted by molar-refractivity contribution is -0.122. The zero-order chi connectivity index (χ0) is 10.1. The quantitative estimate of drug-likeness (QED) is 0.823. The van der Waals surface area contributed by atoms with Crippen LogP contribution >= 0.6 is 15.9 Å². The molecule has 1 aliphatic heterocycles. The van der Waals surface area contributed by atoms with Crippen molar-refractivity contribution in [3.63, 3.8) is 0 Å². The van der Waals surface area contributed by atoms with Crippen LogP contribution in [0.2, 0.25) is 0 Å². The second kappa shape index (κ2) is 3.42. The minimum absolute atomic E-state index is 0.0734. The molecule has 72 valence electrons. The Bertz CT molecular complexity index is 417. The number of halogens is 1. The number of ether oxygens (including phenoxy) is 1. The Hall–Kier alpha value is -1.36. The molecular weight excluding hydrogens is 248 g/mol. The van der Waals surface area contributed by atoms with Gasteiger partial charge in [-0.3, -0.25) is 4.79 Å². The first-order chi connectivity index (χ1) is 6.68. The van der Waals surface area contributed by atoms with Gasteiger partial charge in [0, 0.05) is 10.0 Å². The van der Waals surface area contributed by atoms with E-state index in [2.05, 4.69) is 20.9 Å². The van der Waals surface area contributed by atoms with Gasteiger partial charge in [-0.2, -0.15) is 4.99 Å². The maximum atomic E-state index is 11.3. The molecule has 0 saturated heterocycles. The van der Waals surface area contributed by atoms with E-state index in [0.29, 0.717) is 0 Å². The fraction of sp³-hybridized carbons (Fsp3) is 0.111. The van der Waals surface area contributed by atoms with Gasteiger partial charge in [0.1, 0.15) is 0 Å². The first-order valence-corrected chi connectivity index (χ1v) is 4.77. The van der Waals surface area contributed by atoms with E-state index < -0.39 is 6.10 Å². The lowest BCUT2D eigenvalue weighted by Gasteiger charge is -2.09. The molecular formula is C9H7BrN2O2. The van der Waals surface area contributed by atoms with Gasteiger partial charge in [0.2, 0.25) is 6.10 Å². The highest BCUT2D eigenvalue weighted by molar-refractivity contribution is 9.10. The SMILES string of the molecule is NC1=NC(=O)C(c2ccccc2Br)O1. The molecule has 4 nitrogen and oxygen atoms in total. The van der Waals surface area contributed by atoms with Crippen molar-refractivity contribution in [3.8, 4) is 0 Å². The van der Waals surface area contributed by atoms with Gasteiger partial charge in [-0.1, -0.05) is 34.1 Å². The summed E-state index contributed by atoms with van der Waals surface area (Å²) < 4.78 is 5.90. The second-order valence-electron chi connectivity index (χ2n) is 2.81. The predicted molar refractivity (Wildman–Crippen MR) is 54.6 cm³/mol. The third-order valence-corrected chi connectivity index (χ3v) is 2.59. The van der Waals surface area contributed by atoms with Crippen molar-refractivity contribution in [1.29, 1.82) is 0 Å². The molecule has 1 aromatic carbocycles. The number of amidine groups is 1. The van der Waals surface area contributed by atoms with Gasteiger partial charge in [-0.05, 0) is 6.07 Å². The molecule has 14 heavy (non-hydrogen) atoms. The number of nitrogens with zero attached hydrogens (tertiary/aromatic N) is 1. The minimum atomic E-state index is -0.703. The molecule has 0 bridgehead atoms. The molecule has 1 aromatic rings. The summed E-state index contributed by atoms with van der Waals surface area (Å²) in [5.74, 6) is -0.366. The maximum Gasteiger partial charge on any atom is 0.296 e. The van der Waals surface area contributed by atoms with Crippen LogP contribution in [-0.4, -0.2) is 11.9 Å². The fourth-order valence-electron chi connectivity index (χ4n) is 1.25. The van der Waals surface area contributed by atoms with Crippen molar-refractivity contribution in [2.24, 2.45) is 10.7 Å². The normalized spacial score (nSPS) is 20.5. The van der Waals surface area contributed by atoms with Crippen molar-refractivity contribution >= 4 is 27.9 Å². The van der Waals surface area contributed by atoms with Gasteiger partial charge in [-0.25, -0.2) is 0 Å². The van der Waals surface area contributed by atoms with Gasteiger partial charge in [0.05, 0.1) is 0 Å². The van der Waals surface area contributed by atoms with Crippen LogP contribution in [0.15, 0.2) is 33.7 Å². The largest absolute Gasteiger partial charge is 0.447 e.